The quantitative estimate of drug-likeness (QED) is 0.793. The maximum Gasteiger partial charge on any atom is 0.124 e. The standard InChI is InChI=1S/C13H18FNOS/c1-3-4-9(2)16-8-10-5-11(13(15)17)7-12(14)6-10/h5-7,9H,3-4,8H2,1-2H3,(H2,15,17). The Labute approximate surface area is 107 Å². The highest BCUT2D eigenvalue weighted by molar-refractivity contribution is 7.80. The zero-order valence-corrected chi connectivity index (χ0v) is 11.0. The number of nitrogens with two attached hydrogens (primary N) is 1. The fourth-order valence-corrected chi connectivity index (χ4v) is 1.72. The van der Waals surface area contributed by atoms with Crippen molar-refractivity contribution in [3.05, 3.63) is 35.1 Å². The van der Waals surface area contributed by atoms with Crippen LogP contribution >= 0.6 is 12.2 Å². The molecule has 0 aliphatic carbocycles. The number of hydrogen-bond donors (Lipinski definition) is 1. The van der Waals surface area contributed by atoms with E-state index in [2.05, 4.69) is 6.92 Å². The van der Waals surface area contributed by atoms with Crippen LogP contribution in [0.1, 0.15) is 37.8 Å². The minimum atomic E-state index is -0.336. The van der Waals surface area contributed by atoms with Gasteiger partial charge in [-0.3, -0.25) is 0 Å². The van der Waals surface area contributed by atoms with E-state index in [0.717, 1.165) is 18.4 Å². The smallest absolute Gasteiger partial charge is 0.124 e. The topological polar surface area (TPSA) is 35.2 Å². The van der Waals surface area contributed by atoms with Crippen LogP contribution in [0.4, 0.5) is 4.39 Å². The van der Waals surface area contributed by atoms with Gasteiger partial charge >= 0.3 is 0 Å². The summed E-state index contributed by atoms with van der Waals surface area (Å²) in [5.41, 5.74) is 6.78. The molecular weight excluding hydrogens is 237 g/mol. The van der Waals surface area contributed by atoms with Crippen LogP contribution in [0.15, 0.2) is 18.2 Å². The van der Waals surface area contributed by atoms with E-state index in [1.807, 2.05) is 6.92 Å². The fraction of sp³-hybridized carbons (Fsp3) is 0.462. The molecule has 0 aliphatic heterocycles. The second-order valence-corrected chi connectivity index (χ2v) is 4.56. The zero-order valence-electron chi connectivity index (χ0n) is 10.2. The van der Waals surface area contributed by atoms with Crippen LogP contribution in [0.25, 0.3) is 0 Å². The summed E-state index contributed by atoms with van der Waals surface area (Å²) >= 11 is 4.83. The van der Waals surface area contributed by atoms with Crippen LogP contribution in [-0.4, -0.2) is 11.1 Å². The van der Waals surface area contributed by atoms with Crippen LogP contribution in [-0.2, 0) is 11.3 Å². The highest BCUT2D eigenvalue weighted by Crippen LogP contribution is 2.12. The molecule has 0 saturated carbocycles. The van der Waals surface area contributed by atoms with Crippen molar-refractivity contribution in [1.82, 2.24) is 0 Å². The third-order valence-electron chi connectivity index (χ3n) is 2.47. The summed E-state index contributed by atoms with van der Waals surface area (Å²) in [6.07, 6.45) is 2.25. The van der Waals surface area contributed by atoms with Gasteiger partial charge in [0.25, 0.3) is 0 Å². The third kappa shape index (κ3) is 4.79. The van der Waals surface area contributed by atoms with Crippen LogP contribution in [0.2, 0.25) is 0 Å². The van der Waals surface area contributed by atoms with E-state index in [-0.39, 0.29) is 16.9 Å². The second-order valence-electron chi connectivity index (χ2n) is 4.12. The number of rotatable bonds is 6. The van der Waals surface area contributed by atoms with E-state index < -0.39 is 0 Å². The van der Waals surface area contributed by atoms with Crippen LogP contribution in [0.3, 0.4) is 0 Å². The first-order valence-corrected chi connectivity index (χ1v) is 6.14. The lowest BCUT2D eigenvalue weighted by Gasteiger charge is -2.12. The summed E-state index contributed by atoms with van der Waals surface area (Å²) in [6.45, 7) is 4.50. The highest BCUT2D eigenvalue weighted by atomic mass is 32.1. The Morgan fingerprint density at radius 2 is 2.18 bits per heavy atom. The van der Waals surface area contributed by atoms with Gasteiger partial charge in [-0.2, -0.15) is 0 Å². The molecule has 2 N–H and O–H groups in total. The minimum absolute atomic E-state index is 0.177. The summed E-state index contributed by atoms with van der Waals surface area (Å²) in [7, 11) is 0. The first-order chi connectivity index (χ1) is 8.02. The van der Waals surface area contributed by atoms with Gasteiger partial charge < -0.3 is 10.5 Å². The number of ether oxygens (including phenoxy) is 1. The predicted molar refractivity (Wildman–Crippen MR) is 71.4 cm³/mol. The van der Waals surface area contributed by atoms with Gasteiger partial charge in [-0.05, 0) is 37.1 Å². The summed E-state index contributed by atoms with van der Waals surface area (Å²) < 4.78 is 18.9. The summed E-state index contributed by atoms with van der Waals surface area (Å²) in [5.74, 6) is -0.336. The summed E-state index contributed by atoms with van der Waals surface area (Å²) in [6, 6.07) is 4.55. The van der Waals surface area contributed by atoms with Crippen molar-refractivity contribution in [2.75, 3.05) is 0 Å². The summed E-state index contributed by atoms with van der Waals surface area (Å²) in [4.78, 5) is 0.201. The van der Waals surface area contributed by atoms with E-state index in [9.17, 15) is 4.39 Å². The molecule has 0 saturated heterocycles. The third-order valence-corrected chi connectivity index (χ3v) is 2.71. The highest BCUT2D eigenvalue weighted by Gasteiger charge is 2.05. The van der Waals surface area contributed by atoms with Gasteiger partial charge in [-0.25, -0.2) is 4.39 Å². The average molecular weight is 255 g/mol. The van der Waals surface area contributed by atoms with Crippen molar-refractivity contribution >= 4 is 17.2 Å². The van der Waals surface area contributed by atoms with Crippen molar-refractivity contribution in [1.29, 1.82) is 0 Å². The van der Waals surface area contributed by atoms with Gasteiger partial charge in [0.05, 0.1) is 12.7 Å². The molecule has 1 aromatic carbocycles. The maximum atomic E-state index is 13.3. The largest absolute Gasteiger partial charge is 0.389 e. The Morgan fingerprint density at radius 1 is 1.47 bits per heavy atom. The van der Waals surface area contributed by atoms with Crippen LogP contribution in [0.5, 0.6) is 0 Å². The van der Waals surface area contributed by atoms with E-state index in [1.54, 1.807) is 6.07 Å². The molecule has 0 radical (unpaired) electrons. The van der Waals surface area contributed by atoms with E-state index >= 15 is 0 Å². The molecule has 1 aromatic rings. The van der Waals surface area contributed by atoms with Gasteiger partial charge in [0.2, 0.25) is 0 Å². The van der Waals surface area contributed by atoms with Crippen molar-refractivity contribution in [3.63, 3.8) is 0 Å². The fourth-order valence-electron chi connectivity index (χ4n) is 1.60. The maximum absolute atomic E-state index is 13.3. The van der Waals surface area contributed by atoms with E-state index in [4.69, 9.17) is 22.7 Å². The van der Waals surface area contributed by atoms with Crippen molar-refractivity contribution in [3.8, 4) is 0 Å². The molecule has 0 aliphatic rings. The van der Waals surface area contributed by atoms with Gasteiger partial charge in [-0.15, -0.1) is 0 Å². The Hall–Kier alpha value is -1.00. The molecule has 0 fully saturated rings. The SMILES string of the molecule is CCCC(C)OCc1cc(F)cc(C(N)=S)c1. The van der Waals surface area contributed by atoms with E-state index in [1.165, 1.54) is 12.1 Å². The molecule has 94 valence electrons. The lowest BCUT2D eigenvalue weighted by atomic mass is 10.1. The minimum Gasteiger partial charge on any atom is -0.389 e. The predicted octanol–water partition coefficient (Wildman–Crippen LogP) is 3.17. The molecule has 0 heterocycles. The van der Waals surface area contributed by atoms with Crippen molar-refractivity contribution in [2.24, 2.45) is 5.73 Å². The molecule has 17 heavy (non-hydrogen) atoms. The van der Waals surface area contributed by atoms with Gasteiger partial charge in [-0.1, -0.05) is 25.6 Å². The molecule has 1 unspecified atom stereocenters. The van der Waals surface area contributed by atoms with Gasteiger partial charge in [0.1, 0.15) is 10.8 Å². The lowest BCUT2D eigenvalue weighted by molar-refractivity contribution is 0.0470. The van der Waals surface area contributed by atoms with Crippen LogP contribution in [0, 0.1) is 5.82 Å². The zero-order chi connectivity index (χ0) is 12.8. The molecule has 1 atom stereocenters. The van der Waals surface area contributed by atoms with Gasteiger partial charge in [0, 0.05) is 5.56 Å². The lowest BCUT2D eigenvalue weighted by Crippen LogP contribution is -2.11. The first-order valence-electron chi connectivity index (χ1n) is 5.73. The molecule has 0 spiro atoms. The monoisotopic (exact) mass is 255 g/mol. The second kappa shape index (κ2) is 6.67. The summed E-state index contributed by atoms with van der Waals surface area (Å²) in [5, 5.41) is 0. The van der Waals surface area contributed by atoms with Crippen molar-refractivity contribution in [2.45, 2.75) is 39.4 Å². The number of benzene rings is 1. The molecule has 2 nitrogen and oxygen atoms in total. The van der Waals surface area contributed by atoms with Gasteiger partial charge in [0.15, 0.2) is 0 Å². The van der Waals surface area contributed by atoms with Crippen LogP contribution < -0.4 is 5.73 Å². The Balaban J connectivity index is 2.68. The van der Waals surface area contributed by atoms with Crippen molar-refractivity contribution < 1.29 is 9.13 Å². The number of halogens is 1. The molecular formula is C13H18FNOS. The first kappa shape index (κ1) is 14.1. The molecule has 0 bridgehead atoms. The Kier molecular flexibility index (Phi) is 5.51. The normalized spacial score (nSPS) is 12.4. The molecule has 1 rings (SSSR count). The molecule has 0 aromatic heterocycles. The molecule has 4 heteroatoms. The average Bonchev–Trinajstić information content (AvgIpc) is 2.26. The molecule has 0 amide bonds. The van der Waals surface area contributed by atoms with E-state index in [0.29, 0.717) is 12.2 Å². The number of hydrogen-bond acceptors (Lipinski definition) is 2. The Morgan fingerprint density at radius 3 is 2.76 bits per heavy atom. The Bertz CT molecular complexity index is 395. The number of thiocarbonyl (C=S) groups is 1.